The van der Waals surface area contributed by atoms with E-state index in [9.17, 15) is 4.79 Å². The topological polar surface area (TPSA) is 53.9 Å². The van der Waals surface area contributed by atoms with Crippen molar-refractivity contribution < 1.29 is 9.63 Å². The average molecular weight is 392 g/mol. The molecule has 1 N–H and O–H groups in total. The normalized spacial score (nSPS) is 22.3. The fourth-order valence-corrected chi connectivity index (χ4v) is 4.16. The molecule has 1 saturated heterocycles. The Kier molecular flexibility index (Phi) is 5.95. The summed E-state index contributed by atoms with van der Waals surface area (Å²) in [5, 5.41) is 7.18. The first-order valence-electron chi connectivity index (χ1n) is 10.5. The van der Waals surface area contributed by atoms with Gasteiger partial charge in [-0.1, -0.05) is 72.7 Å². The lowest BCUT2D eigenvalue weighted by Crippen LogP contribution is -2.38. The van der Waals surface area contributed by atoms with Crippen LogP contribution < -0.4 is 5.32 Å². The molecule has 5 nitrogen and oxygen atoms in total. The van der Waals surface area contributed by atoms with Gasteiger partial charge in [0.2, 0.25) is 0 Å². The number of amides is 1. The van der Waals surface area contributed by atoms with Crippen molar-refractivity contribution in [2.75, 3.05) is 26.2 Å². The summed E-state index contributed by atoms with van der Waals surface area (Å²) in [6.07, 6.45) is 2.55. The molecule has 1 amide bonds. The summed E-state index contributed by atoms with van der Waals surface area (Å²) in [4.78, 5) is 20.8. The minimum atomic E-state index is -0.325. The van der Waals surface area contributed by atoms with Gasteiger partial charge in [0.1, 0.15) is 5.71 Å². The highest BCUT2D eigenvalue weighted by atomic mass is 16.7. The first-order chi connectivity index (χ1) is 14.1. The molecule has 2 aromatic carbocycles. The summed E-state index contributed by atoms with van der Waals surface area (Å²) in [7, 11) is 0. The fraction of sp³-hybridized carbons (Fsp3) is 0.417. The Morgan fingerprint density at radius 1 is 1.17 bits per heavy atom. The molecule has 0 radical (unpaired) electrons. The number of likely N-dealkylation sites (tertiary alicyclic amines) is 1. The first kappa shape index (κ1) is 19.6. The minimum Gasteiger partial charge on any atom is -0.387 e. The van der Waals surface area contributed by atoms with Gasteiger partial charge in [0, 0.05) is 39.0 Å². The highest BCUT2D eigenvalue weighted by Crippen LogP contribution is 2.34. The summed E-state index contributed by atoms with van der Waals surface area (Å²) in [6, 6.07) is 20.8. The zero-order valence-electron chi connectivity index (χ0n) is 17.0. The second kappa shape index (κ2) is 8.78. The van der Waals surface area contributed by atoms with Crippen LogP contribution in [-0.4, -0.2) is 48.3 Å². The van der Waals surface area contributed by atoms with Crippen LogP contribution in [0.25, 0.3) is 0 Å². The number of oxime groups is 1. The molecule has 2 aliphatic rings. The number of hydrogen-bond donors (Lipinski definition) is 1. The van der Waals surface area contributed by atoms with E-state index in [1.807, 2.05) is 24.3 Å². The van der Waals surface area contributed by atoms with Gasteiger partial charge in [0.15, 0.2) is 5.60 Å². The average Bonchev–Trinajstić information content (AvgIpc) is 3.38. The van der Waals surface area contributed by atoms with E-state index in [0.717, 1.165) is 32.5 Å². The van der Waals surface area contributed by atoms with Gasteiger partial charge in [-0.25, -0.2) is 0 Å². The summed E-state index contributed by atoms with van der Waals surface area (Å²) in [5.74, 6) is 0.157. The summed E-state index contributed by atoms with van der Waals surface area (Å²) in [6.45, 7) is 5.54. The van der Waals surface area contributed by atoms with E-state index in [1.165, 1.54) is 11.1 Å². The van der Waals surface area contributed by atoms with Crippen molar-refractivity contribution in [1.29, 1.82) is 0 Å². The molecule has 1 fully saturated rings. The van der Waals surface area contributed by atoms with Crippen LogP contribution in [0.4, 0.5) is 0 Å². The largest absolute Gasteiger partial charge is 0.387 e. The maximum atomic E-state index is 12.6. The molecular weight excluding hydrogens is 362 g/mol. The van der Waals surface area contributed by atoms with Gasteiger partial charge in [0.25, 0.3) is 5.91 Å². The van der Waals surface area contributed by atoms with Crippen molar-refractivity contribution in [3.05, 3.63) is 71.8 Å². The third kappa shape index (κ3) is 4.85. The number of hydrogen-bond acceptors (Lipinski definition) is 4. The molecule has 2 aromatic rings. The molecule has 152 valence electrons. The second-order valence-corrected chi connectivity index (χ2v) is 8.27. The maximum Gasteiger partial charge on any atom is 0.269 e. The van der Waals surface area contributed by atoms with Gasteiger partial charge < -0.3 is 10.2 Å². The summed E-state index contributed by atoms with van der Waals surface area (Å²) in [5.41, 5.74) is 2.77. The van der Waals surface area contributed by atoms with Crippen LogP contribution in [-0.2, 0) is 16.1 Å². The van der Waals surface area contributed by atoms with Crippen molar-refractivity contribution in [1.82, 2.24) is 10.2 Å². The van der Waals surface area contributed by atoms with Gasteiger partial charge in [-0.15, -0.1) is 0 Å². The van der Waals surface area contributed by atoms with Gasteiger partial charge in [-0.05, 0) is 23.5 Å². The molecule has 2 atom stereocenters. The predicted molar refractivity (Wildman–Crippen MR) is 115 cm³/mol. The zero-order valence-corrected chi connectivity index (χ0v) is 17.0. The van der Waals surface area contributed by atoms with E-state index in [-0.39, 0.29) is 17.4 Å². The van der Waals surface area contributed by atoms with Crippen molar-refractivity contribution >= 4 is 11.6 Å². The first-order valence-corrected chi connectivity index (χ1v) is 10.5. The smallest absolute Gasteiger partial charge is 0.269 e. The SMILES string of the molecule is C[C@@H](CNC(=O)C1=NO[C@@]2(CCN(CCc3ccccc3)C2)C1)c1ccccc1. The van der Waals surface area contributed by atoms with Crippen LogP contribution >= 0.6 is 0 Å². The minimum absolute atomic E-state index is 0.104. The monoisotopic (exact) mass is 391 g/mol. The molecule has 4 rings (SSSR count). The highest BCUT2D eigenvalue weighted by Gasteiger charge is 2.46. The molecule has 2 aliphatic heterocycles. The van der Waals surface area contributed by atoms with Crippen LogP contribution in [0.1, 0.15) is 36.8 Å². The fourth-order valence-electron chi connectivity index (χ4n) is 4.16. The number of rotatable bonds is 7. The Hall–Kier alpha value is -2.66. The Morgan fingerprint density at radius 2 is 1.90 bits per heavy atom. The third-order valence-electron chi connectivity index (χ3n) is 5.99. The third-order valence-corrected chi connectivity index (χ3v) is 5.99. The van der Waals surface area contributed by atoms with Crippen LogP contribution in [0.15, 0.2) is 65.8 Å². The van der Waals surface area contributed by atoms with Crippen molar-refractivity contribution in [3.63, 3.8) is 0 Å². The van der Waals surface area contributed by atoms with Gasteiger partial charge in [0.05, 0.1) is 0 Å². The van der Waals surface area contributed by atoms with Gasteiger partial charge in [-0.3, -0.25) is 9.69 Å². The van der Waals surface area contributed by atoms with Crippen LogP contribution in [0.5, 0.6) is 0 Å². The van der Waals surface area contributed by atoms with Crippen molar-refractivity contribution in [3.8, 4) is 0 Å². The number of carbonyl (C=O) groups excluding carboxylic acids is 1. The van der Waals surface area contributed by atoms with E-state index in [2.05, 4.69) is 58.7 Å². The maximum absolute atomic E-state index is 12.6. The number of carbonyl (C=O) groups is 1. The summed E-state index contributed by atoms with van der Waals surface area (Å²) < 4.78 is 0. The Bertz CT molecular complexity index is 853. The van der Waals surface area contributed by atoms with Crippen molar-refractivity contribution in [2.24, 2.45) is 5.16 Å². The van der Waals surface area contributed by atoms with Crippen LogP contribution in [0, 0.1) is 0 Å². The van der Waals surface area contributed by atoms with Gasteiger partial charge >= 0.3 is 0 Å². The lowest BCUT2D eigenvalue weighted by Gasteiger charge is -2.21. The van der Waals surface area contributed by atoms with E-state index in [1.54, 1.807) is 0 Å². The molecule has 0 aromatic heterocycles. The molecule has 0 aliphatic carbocycles. The molecule has 0 bridgehead atoms. The number of benzene rings is 2. The number of nitrogens with zero attached hydrogens (tertiary/aromatic N) is 2. The molecule has 0 unspecified atom stereocenters. The van der Waals surface area contributed by atoms with E-state index < -0.39 is 0 Å². The number of nitrogens with one attached hydrogen (secondary N) is 1. The molecule has 5 heteroatoms. The van der Waals surface area contributed by atoms with Gasteiger partial charge in [-0.2, -0.15) is 0 Å². The lowest BCUT2D eigenvalue weighted by atomic mass is 9.96. The molecule has 29 heavy (non-hydrogen) atoms. The van der Waals surface area contributed by atoms with E-state index >= 15 is 0 Å². The predicted octanol–water partition coefficient (Wildman–Crippen LogP) is 3.37. The molecule has 1 spiro atoms. The molecular formula is C24H29N3O2. The van der Waals surface area contributed by atoms with Crippen molar-refractivity contribution in [2.45, 2.75) is 37.7 Å². The quantitative estimate of drug-likeness (QED) is 0.787. The Balaban J connectivity index is 1.23. The molecule has 2 heterocycles. The summed E-state index contributed by atoms with van der Waals surface area (Å²) >= 11 is 0. The second-order valence-electron chi connectivity index (χ2n) is 8.27. The Morgan fingerprint density at radius 3 is 2.66 bits per heavy atom. The molecule has 0 saturated carbocycles. The Labute approximate surface area is 172 Å². The van der Waals surface area contributed by atoms with E-state index in [4.69, 9.17) is 4.84 Å². The van der Waals surface area contributed by atoms with Crippen LogP contribution in [0.3, 0.4) is 0 Å². The highest BCUT2D eigenvalue weighted by molar-refractivity contribution is 6.39. The van der Waals surface area contributed by atoms with Crippen LogP contribution in [0.2, 0.25) is 0 Å². The zero-order chi connectivity index (χ0) is 20.1. The van der Waals surface area contributed by atoms with E-state index in [0.29, 0.717) is 18.7 Å². The standard InChI is InChI=1S/C24H29N3O2/c1-19(21-10-6-3-7-11-21)17-25-23(28)22-16-24(29-26-22)13-15-27(18-24)14-12-20-8-4-2-5-9-20/h2-11,19H,12-18H2,1H3,(H,25,28)/t19-,24-/m0/s1. The lowest BCUT2D eigenvalue weighted by molar-refractivity contribution is -0.115.